The van der Waals surface area contributed by atoms with E-state index in [-0.39, 0.29) is 5.92 Å². The van der Waals surface area contributed by atoms with E-state index in [4.69, 9.17) is 0 Å². The summed E-state index contributed by atoms with van der Waals surface area (Å²) in [5.74, 6) is 0.154. The van der Waals surface area contributed by atoms with Crippen LogP contribution in [0.5, 0.6) is 0 Å². The molecular weight excluding hydrogens is 530 g/mol. The van der Waals surface area contributed by atoms with E-state index in [2.05, 4.69) is 161 Å². The molecule has 0 spiro atoms. The first-order valence-electron chi connectivity index (χ1n) is 12.7. The van der Waals surface area contributed by atoms with Crippen LogP contribution in [0, 0.1) is 0 Å². The Morgan fingerprint density at radius 2 is 0.973 bits per heavy atom. The van der Waals surface area contributed by atoms with Gasteiger partial charge < -0.3 is 0 Å². The van der Waals surface area contributed by atoms with E-state index in [1.165, 1.54) is 54.9 Å². The zero-order valence-electron chi connectivity index (χ0n) is 20.3. The number of hydrogen-bond acceptors (Lipinski definition) is 0. The van der Waals surface area contributed by atoms with Crippen LogP contribution in [-0.4, -0.2) is 15.1 Å². The second-order valence-corrected chi connectivity index (χ2v) is 15.7. The molecule has 0 aromatic heterocycles. The van der Waals surface area contributed by atoms with Crippen LogP contribution < -0.4 is 10.6 Å². The molecule has 0 nitrogen and oxygen atoms in total. The second-order valence-electron chi connectivity index (χ2n) is 9.59. The minimum atomic E-state index is -2.01. The minimum absolute atomic E-state index is 0.154. The van der Waals surface area contributed by atoms with E-state index in [9.17, 15) is 0 Å². The Labute approximate surface area is 226 Å². The van der Waals surface area contributed by atoms with Gasteiger partial charge in [0.2, 0.25) is 0 Å². The van der Waals surface area contributed by atoms with Crippen LogP contribution in [0.15, 0.2) is 151 Å². The molecule has 2 heteroatoms. The van der Waals surface area contributed by atoms with Crippen LogP contribution in [0.3, 0.4) is 0 Å². The Kier molecular flexibility index (Phi) is 5.60. The average molecular weight is 556 g/mol. The molecule has 1 aliphatic carbocycles. The number of rotatable bonds is 4. The van der Waals surface area contributed by atoms with Gasteiger partial charge in [-0.1, -0.05) is 0 Å². The predicted octanol–water partition coefficient (Wildman–Crippen LogP) is 7.87. The van der Waals surface area contributed by atoms with Gasteiger partial charge in [-0.05, 0) is 0 Å². The van der Waals surface area contributed by atoms with E-state index >= 15 is 0 Å². The van der Waals surface area contributed by atoms with Crippen molar-refractivity contribution < 1.29 is 0 Å². The Hall–Kier alpha value is -3.47. The molecule has 5 aromatic carbocycles. The molecule has 0 saturated carbocycles. The SMILES string of the molecule is [Se]=P1(c2ccccc2)C2=C(c3ccccc3)C(c3ccccc3)C(c3ccccc3)=C2c2ccccc21. The summed E-state index contributed by atoms with van der Waals surface area (Å²) < 4.78 is 0. The summed E-state index contributed by atoms with van der Waals surface area (Å²) in [6, 6.07) is 53.4. The fraction of sp³-hybridized carbons (Fsp3) is 0.0286. The summed E-state index contributed by atoms with van der Waals surface area (Å²) in [5.41, 5.74) is 7.59. The van der Waals surface area contributed by atoms with Crippen molar-refractivity contribution in [3.05, 3.63) is 173 Å². The molecule has 1 heterocycles. The number of allylic oxidation sites excluding steroid dienone is 4. The van der Waals surface area contributed by atoms with Gasteiger partial charge in [-0.3, -0.25) is 0 Å². The van der Waals surface area contributed by atoms with E-state index in [0.29, 0.717) is 0 Å². The number of hydrogen-bond donors (Lipinski definition) is 0. The summed E-state index contributed by atoms with van der Waals surface area (Å²) >= 11 is 3.86. The Bertz CT molecular complexity index is 1720. The van der Waals surface area contributed by atoms with E-state index in [0.717, 1.165) is 0 Å². The van der Waals surface area contributed by atoms with Crippen molar-refractivity contribution in [3.63, 3.8) is 0 Å². The molecule has 2 unspecified atom stereocenters. The van der Waals surface area contributed by atoms with Gasteiger partial charge in [0.25, 0.3) is 0 Å². The zero-order chi connectivity index (χ0) is 24.8. The fourth-order valence-corrected chi connectivity index (χ4v) is 12.4. The average Bonchev–Trinajstić information content (AvgIpc) is 3.47. The zero-order valence-corrected chi connectivity index (χ0v) is 22.9. The van der Waals surface area contributed by atoms with Crippen molar-refractivity contribution >= 4 is 47.9 Å². The third-order valence-corrected chi connectivity index (χ3v) is 14.5. The topological polar surface area (TPSA) is 0 Å². The molecule has 0 radical (unpaired) electrons. The molecule has 7 rings (SSSR count). The van der Waals surface area contributed by atoms with Gasteiger partial charge in [-0.15, -0.1) is 0 Å². The second kappa shape index (κ2) is 9.13. The van der Waals surface area contributed by atoms with Crippen molar-refractivity contribution in [1.29, 1.82) is 0 Å². The van der Waals surface area contributed by atoms with E-state index < -0.39 is 5.51 Å². The molecular formula is C35H25PSe. The normalized spacial score (nSPS) is 20.2. The van der Waals surface area contributed by atoms with Crippen molar-refractivity contribution in [3.8, 4) is 0 Å². The van der Waals surface area contributed by atoms with E-state index in [1.54, 1.807) is 0 Å². The van der Waals surface area contributed by atoms with Crippen LogP contribution in [0.1, 0.15) is 28.2 Å². The Morgan fingerprint density at radius 3 is 1.59 bits per heavy atom. The number of fused-ring (bicyclic) bond motifs is 3. The van der Waals surface area contributed by atoms with Crippen LogP contribution in [0.4, 0.5) is 0 Å². The number of benzene rings is 5. The van der Waals surface area contributed by atoms with Gasteiger partial charge in [0, 0.05) is 0 Å². The molecule has 176 valence electrons. The van der Waals surface area contributed by atoms with E-state index in [1.807, 2.05) is 0 Å². The monoisotopic (exact) mass is 556 g/mol. The molecule has 5 aromatic rings. The van der Waals surface area contributed by atoms with Gasteiger partial charge >= 0.3 is 227 Å². The Morgan fingerprint density at radius 1 is 0.486 bits per heavy atom. The standard InChI is InChI=1S/C35H25PSe/c37-36(28-21-11-4-12-22-28)30-24-14-13-23-29(30)34-32(26-17-7-2-8-18-26)31(25-15-5-1-6-16-25)33(35(34)36)27-19-9-3-10-20-27/h1-24,31H. The Balaban J connectivity index is 1.68. The summed E-state index contributed by atoms with van der Waals surface area (Å²) in [6.07, 6.45) is 0. The van der Waals surface area contributed by atoms with Crippen molar-refractivity contribution in [2.75, 3.05) is 0 Å². The summed E-state index contributed by atoms with van der Waals surface area (Å²) in [7, 11) is 0. The summed E-state index contributed by atoms with van der Waals surface area (Å²) in [4.78, 5) is 0. The molecule has 2 aliphatic rings. The molecule has 2 atom stereocenters. The summed E-state index contributed by atoms with van der Waals surface area (Å²) in [6.45, 7) is 0. The van der Waals surface area contributed by atoms with Crippen LogP contribution in [0.25, 0.3) is 16.7 Å². The molecule has 0 N–H and O–H groups in total. The van der Waals surface area contributed by atoms with Gasteiger partial charge in [-0.25, -0.2) is 0 Å². The maximum absolute atomic E-state index is 3.86. The molecule has 0 fully saturated rings. The van der Waals surface area contributed by atoms with Gasteiger partial charge in [0.05, 0.1) is 0 Å². The van der Waals surface area contributed by atoms with Crippen molar-refractivity contribution in [2.24, 2.45) is 0 Å². The molecule has 0 saturated heterocycles. The first-order valence-corrected chi connectivity index (χ1v) is 16.7. The third kappa shape index (κ3) is 3.47. The van der Waals surface area contributed by atoms with Crippen LogP contribution in [-0.2, 0) is 0 Å². The molecule has 1 aliphatic heterocycles. The van der Waals surface area contributed by atoms with Gasteiger partial charge in [-0.2, -0.15) is 0 Å². The van der Waals surface area contributed by atoms with Gasteiger partial charge in [0.1, 0.15) is 0 Å². The molecule has 0 amide bonds. The molecule has 0 bridgehead atoms. The quantitative estimate of drug-likeness (QED) is 0.156. The van der Waals surface area contributed by atoms with Crippen molar-refractivity contribution in [2.45, 2.75) is 5.92 Å². The van der Waals surface area contributed by atoms with Gasteiger partial charge in [0.15, 0.2) is 0 Å². The predicted molar refractivity (Wildman–Crippen MR) is 161 cm³/mol. The van der Waals surface area contributed by atoms with Crippen LogP contribution in [0.2, 0.25) is 0 Å². The first-order chi connectivity index (χ1) is 18.3. The fourth-order valence-electron chi connectivity index (χ4n) is 6.10. The first kappa shape index (κ1) is 22.7. The molecule has 37 heavy (non-hydrogen) atoms. The summed E-state index contributed by atoms with van der Waals surface area (Å²) in [5, 5.41) is 4.33. The van der Waals surface area contributed by atoms with Crippen molar-refractivity contribution in [1.82, 2.24) is 0 Å². The maximum atomic E-state index is 3.86. The third-order valence-electron chi connectivity index (χ3n) is 7.59. The van der Waals surface area contributed by atoms with Crippen LogP contribution >= 0.6 is 5.51 Å².